The zero-order valence-electron chi connectivity index (χ0n) is 9.28. The predicted molar refractivity (Wildman–Crippen MR) is 64.6 cm³/mol. The number of aryl methyl sites for hydroxylation is 1. The topological polar surface area (TPSA) is 37.3 Å². The highest BCUT2D eigenvalue weighted by atomic mass is 32.2. The number of carboxylic acids is 1. The van der Waals surface area contributed by atoms with Gasteiger partial charge in [-0.05, 0) is 29.4 Å². The number of aromatic carboxylic acids is 1. The van der Waals surface area contributed by atoms with Crippen molar-refractivity contribution in [1.29, 1.82) is 0 Å². The van der Waals surface area contributed by atoms with Crippen LogP contribution in [-0.2, 0) is 5.75 Å². The summed E-state index contributed by atoms with van der Waals surface area (Å²) in [6.45, 7) is 6.15. The molecule has 0 aliphatic carbocycles. The Bertz CT molecular complexity index is 359. The molecule has 1 aromatic rings. The molecule has 0 saturated carbocycles. The smallest absolute Gasteiger partial charge is 0.335 e. The van der Waals surface area contributed by atoms with Gasteiger partial charge in [-0.25, -0.2) is 4.79 Å². The van der Waals surface area contributed by atoms with Crippen molar-refractivity contribution in [1.82, 2.24) is 0 Å². The Morgan fingerprint density at radius 1 is 1.47 bits per heavy atom. The first-order valence-corrected chi connectivity index (χ1v) is 6.00. The van der Waals surface area contributed by atoms with Crippen LogP contribution >= 0.6 is 11.8 Å². The molecular formula is C12H16O2S. The van der Waals surface area contributed by atoms with Crippen molar-refractivity contribution in [2.24, 2.45) is 0 Å². The molecule has 0 aliphatic heterocycles. The lowest BCUT2D eigenvalue weighted by atomic mass is 10.1. The molecule has 1 rings (SSSR count). The summed E-state index contributed by atoms with van der Waals surface area (Å²) in [6, 6.07) is 5.54. The van der Waals surface area contributed by atoms with Gasteiger partial charge in [-0.15, -0.1) is 0 Å². The van der Waals surface area contributed by atoms with Gasteiger partial charge < -0.3 is 5.11 Å². The molecule has 82 valence electrons. The van der Waals surface area contributed by atoms with E-state index >= 15 is 0 Å². The normalized spacial score (nSPS) is 10.7. The molecular weight excluding hydrogens is 208 g/mol. The summed E-state index contributed by atoms with van der Waals surface area (Å²) in [4.78, 5) is 10.8. The van der Waals surface area contributed by atoms with E-state index in [2.05, 4.69) is 13.8 Å². The monoisotopic (exact) mass is 224 g/mol. The molecule has 3 heteroatoms. The average Bonchev–Trinajstić information content (AvgIpc) is 2.14. The highest BCUT2D eigenvalue weighted by Gasteiger charge is 2.07. The zero-order valence-corrected chi connectivity index (χ0v) is 10.1. The quantitative estimate of drug-likeness (QED) is 0.852. The van der Waals surface area contributed by atoms with Gasteiger partial charge >= 0.3 is 5.97 Å². The number of carboxylic acid groups (broad SMARTS) is 1. The van der Waals surface area contributed by atoms with Crippen LogP contribution in [0.25, 0.3) is 0 Å². The molecule has 0 bridgehead atoms. The first-order valence-electron chi connectivity index (χ1n) is 4.95. The minimum Gasteiger partial charge on any atom is -0.478 e. The fraction of sp³-hybridized carbons (Fsp3) is 0.417. The van der Waals surface area contributed by atoms with Crippen LogP contribution in [0.3, 0.4) is 0 Å². The number of thioether (sulfide) groups is 1. The van der Waals surface area contributed by atoms with Crippen LogP contribution in [0.5, 0.6) is 0 Å². The number of benzene rings is 1. The molecule has 0 spiro atoms. The lowest BCUT2D eigenvalue weighted by Crippen LogP contribution is -2.00. The van der Waals surface area contributed by atoms with Gasteiger partial charge in [0.25, 0.3) is 0 Å². The number of carbonyl (C=O) groups is 1. The molecule has 0 fully saturated rings. The highest BCUT2D eigenvalue weighted by Crippen LogP contribution is 2.19. The van der Waals surface area contributed by atoms with Crippen LogP contribution in [-0.4, -0.2) is 16.3 Å². The minimum absolute atomic E-state index is 0.397. The van der Waals surface area contributed by atoms with Crippen molar-refractivity contribution in [3.8, 4) is 0 Å². The molecule has 0 unspecified atom stereocenters. The minimum atomic E-state index is -0.851. The van der Waals surface area contributed by atoms with Crippen molar-refractivity contribution in [3.05, 3.63) is 34.9 Å². The van der Waals surface area contributed by atoms with Gasteiger partial charge in [-0.2, -0.15) is 11.8 Å². The second-order valence-corrected chi connectivity index (χ2v) is 5.38. The molecule has 0 heterocycles. The number of hydrogen-bond acceptors (Lipinski definition) is 2. The number of rotatable bonds is 4. The summed E-state index contributed by atoms with van der Waals surface area (Å²) in [6.07, 6.45) is 0. The van der Waals surface area contributed by atoms with Gasteiger partial charge in [-0.1, -0.05) is 26.0 Å². The molecule has 0 aromatic heterocycles. The van der Waals surface area contributed by atoms with E-state index in [0.717, 1.165) is 11.3 Å². The standard InChI is InChI=1S/C12H16O2S/c1-8(2)15-7-10-4-5-11(12(13)14)9(3)6-10/h4-6,8H,7H2,1-3H3,(H,13,14). The fourth-order valence-electron chi connectivity index (χ4n) is 1.32. The average molecular weight is 224 g/mol. The lowest BCUT2D eigenvalue weighted by molar-refractivity contribution is 0.0696. The Hall–Kier alpha value is -0.960. The van der Waals surface area contributed by atoms with Crippen LogP contribution in [0.1, 0.15) is 35.3 Å². The largest absolute Gasteiger partial charge is 0.478 e. The van der Waals surface area contributed by atoms with Crippen molar-refractivity contribution in [2.45, 2.75) is 31.8 Å². The second kappa shape index (κ2) is 5.21. The van der Waals surface area contributed by atoms with Gasteiger partial charge in [0.2, 0.25) is 0 Å². The molecule has 0 radical (unpaired) electrons. The van der Waals surface area contributed by atoms with E-state index < -0.39 is 5.97 Å². The van der Waals surface area contributed by atoms with E-state index in [9.17, 15) is 4.79 Å². The maximum absolute atomic E-state index is 10.8. The molecule has 2 nitrogen and oxygen atoms in total. The third-order valence-corrected chi connectivity index (χ3v) is 3.27. The number of hydrogen-bond donors (Lipinski definition) is 1. The SMILES string of the molecule is Cc1cc(CSC(C)C)ccc1C(=O)O. The summed E-state index contributed by atoms with van der Waals surface area (Å²) in [5.41, 5.74) is 2.42. The summed E-state index contributed by atoms with van der Waals surface area (Å²) in [5, 5.41) is 9.47. The second-order valence-electron chi connectivity index (χ2n) is 3.81. The summed E-state index contributed by atoms with van der Waals surface area (Å²) < 4.78 is 0. The highest BCUT2D eigenvalue weighted by molar-refractivity contribution is 7.99. The van der Waals surface area contributed by atoms with E-state index in [1.165, 1.54) is 5.56 Å². The van der Waals surface area contributed by atoms with Crippen LogP contribution in [0, 0.1) is 6.92 Å². The maximum Gasteiger partial charge on any atom is 0.335 e. The van der Waals surface area contributed by atoms with E-state index in [0.29, 0.717) is 10.8 Å². The molecule has 15 heavy (non-hydrogen) atoms. The lowest BCUT2D eigenvalue weighted by Gasteiger charge is -2.07. The Labute approximate surface area is 94.7 Å². The molecule has 1 N–H and O–H groups in total. The van der Waals surface area contributed by atoms with E-state index in [-0.39, 0.29) is 0 Å². The summed E-state index contributed by atoms with van der Waals surface area (Å²) in [5.74, 6) is 0.0915. The molecule has 0 amide bonds. The Morgan fingerprint density at radius 2 is 2.13 bits per heavy atom. The van der Waals surface area contributed by atoms with Crippen molar-refractivity contribution >= 4 is 17.7 Å². The molecule has 1 aromatic carbocycles. The van der Waals surface area contributed by atoms with Crippen LogP contribution in [0.2, 0.25) is 0 Å². The Kier molecular flexibility index (Phi) is 4.21. The van der Waals surface area contributed by atoms with Crippen molar-refractivity contribution < 1.29 is 9.90 Å². The Morgan fingerprint density at radius 3 is 2.60 bits per heavy atom. The molecule has 0 atom stereocenters. The van der Waals surface area contributed by atoms with E-state index in [1.807, 2.05) is 30.8 Å². The maximum atomic E-state index is 10.8. The van der Waals surface area contributed by atoms with Gasteiger partial charge in [-0.3, -0.25) is 0 Å². The Balaban J connectivity index is 2.78. The van der Waals surface area contributed by atoms with Gasteiger partial charge in [0.05, 0.1) is 5.56 Å². The molecule has 0 saturated heterocycles. The third-order valence-electron chi connectivity index (χ3n) is 2.10. The first-order chi connectivity index (χ1) is 7.00. The third kappa shape index (κ3) is 3.59. The summed E-state index contributed by atoms with van der Waals surface area (Å²) in [7, 11) is 0. The van der Waals surface area contributed by atoms with Crippen molar-refractivity contribution in [2.75, 3.05) is 0 Å². The van der Waals surface area contributed by atoms with Crippen LogP contribution < -0.4 is 0 Å². The predicted octanol–water partition coefficient (Wildman–Crippen LogP) is 3.33. The van der Waals surface area contributed by atoms with Crippen molar-refractivity contribution in [3.63, 3.8) is 0 Å². The van der Waals surface area contributed by atoms with Gasteiger partial charge in [0.15, 0.2) is 0 Å². The van der Waals surface area contributed by atoms with Gasteiger partial charge in [0, 0.05) is 5.75 Å². The molecule has 0 aliphatic rings. The zero-order chi connectivity index (χ0) is 11.4. The fourth-order valence-corrected chi connectivity index (χ4v) is 2.02. The van der Waals surface area contributed by atoms with Crippen LogP contribution in [0.4, 0.5) is 0 Å². The van der Waals surface area contributed by atoms with E-state index in [1.54, 1.807) is 6.07 Å². The van der Waals surface area contributed by atoms with Crippen LogP contribution in [0.15, 0.2) is 18.2 Å². The summed E-state index contributed by atoms with van der Waals surface area (Å²) >= 11 is 1.86. The first kappa shape index (κ1) is 12.1. The van der Waals surface area contributed by atoms with Gasteiger partial charge in [0.1, 0.15) is 0 Å². The van der Waals surface area contributed by atoms with E-state index in [4.69, 9.17) is 5.11 Å².